The van der Waals surface area contributed by atoms with E-state index in [1.54, 1.807) is 13.8 Å². The highest BCUT2D eigenvalue weighted by Gasteiger charge is 2.49. The summed E-state index contributed by atoms with van der Waals surface area (Å²) in [4.78, 5) is 2.27. The highest BCUT2D eigenvalue weighted by molar-refractivity contribution is 5.24. The van der Waals surface area contributed by atoms with Crippen LogP contribution in [0.4, 0.5) is 0 Å². The molecule has 0 saturated carbocycles. The molecule has 0 amide bonds. The SMILES string of the molecule is C/C(=C\C[C@@H](C)/C=C1\CN2CCCC2[C@@](C)(O)C1O)C(O)C(C)O. The Bertz CT molecular complexity index is 498. The maximum absolute atomic E-state index is 10.7. The predicted octanol–water partition coefficient (Wildman–Crippen LogP) is 1.22. The Labute approximate surface area is 145 Å². The summed E-state index contributed by atoms with van der Waals surface area (Å²) in [7, 11) is 0. The molecule has 4 N–H and O–H groups in total. The minimum Gasteiger partial charge on any atom is -0.390 e. The van der Waals surface area contributed by atoms with Crippen LogP contribution in [-0.4, -0.2) is 68.4 Å². The van der Waals surface area contributed by atoms with Gasteiger partial charge in [0, 0.05) is 12.6 Å². The molecule has 0 aromatic heterocycles. The second kappa shape index (κ2) is 7.67. The van der Waals surface area contributed by atoms with Crippen molar-refractivity contribution >= 4 is 0 Å². The maximum Gasteiger partial charge on any atom is 0.107 e. The van der Waals surface area contributed by atoms with E-state index in [1.165, 1.54) is 0 Å². The standard InChI is InChI=1S/C19H33NO4/c1-12(7-8-13(2)17(22)14(3)21)10-15-11-20-9-5-6-16(20)19(4,24)18(15)23/h8,10,12,14,16-18,21-24H,5-7,9,11H2,1-4H3/b13-8+,15-10+/t12-,14?,16?,17?,18?,19-/m1/s1. The van der Waals surface area contributed by atoms with E-state index in [9.17, 15) is 20.4 Å². The lowest BCUT2D eigenvalue weighted by atomic mass is 9.80. The van der Waals surface area contributed by atoms with Crippen LogP contribution in [0.3, 0.4) is 0 Å². The molecule has 0 aliphatic carbocycles. The van der Waals surface area contributed by atoms with Gasteiger partial charge in [0.05, 0.1) is 6.10 Å². The van der Waals surface area contributed by atoms with Crippen molar-refractivity contribution in [3.05, 3.63) is 23.3 Å². The first-order valence-electron chi connectivity index (χ1n) is 9.02. The van der Waals surface area contributed by atoms with Crippen LogP contribution in [0.2, 0.25) is 0 Å². The van der Waals surface area contributed by atoms with E-state index in [4.69, 9.17) is 0 Å². The zero-order valence-electron chi connectivity index (χ0n) is 15.3. The summed E-state index contributed by atoms with van der Waals surface area (Å²) < 4.78 is 0. The molecule has 6 atom stereocenters. The molecule has 0 aromatic rings. The van der Waals surface area contributed by atoms with Crippen LogP contribution in [0.15, 0.2) is 23.3 Å². The molecule has 0 aromatic carbocycles. The Morgan fingerprint density at radius 2 is 2.04 bits per heavy atom. The first kappa shape index (κ1) is 19.6. The topological polar surface area (TPSA) is 84.2 Å². The van der Waals surface area contributed by atoms with Gasteiger partial charge in [0.15, 0.2) is 0 Å². The Balaban J connectivity index is 2.05. The smallest absolute Gasteiger partial charge is 0.107 e. The van der Waals surface area contributed by atoms with Crippen molar-refractivity contribution in [3.63, 3.8) is 0 Å². The highest BCUT2D eigenvalue weighted by atomic mass is 16.3. The first-order chi connectivity index (χ1) is 11.1. The molecule has 2 heterocycles. The number of piperidine rings is 1. The van der Waals surface area contributed by atoms with Crippen LogP contribution in [0, 0.1) is 5.92 Å². The first-order valence-corrected chi connectivity index (χ1v) is 9.02. The fraction of sp³-hybridized carbons (Fsp3) is 0.789. The molecule has 2 aliphatic rings. The summed E-state index contributed by atoms with van der Waals surface area (Å²) in [6, 6.07) is 0.0447. The quantitative estimate of drug-likeness (QED) is 0.566. The number of aliphatic hydroxyl groups is 4. The molecule has 5 nitrogen and oxygen atoms in total. The molecule has 0 bridgehead atoms. The van der Waals surface area contributed by atoms with Gasteiger partial charge in [-0.05, 0) is 63.6 Å². The van der Waals surface area contributed by atoms with Gasteiger partial charge in [-0.15, -0.1) is 0 Å². The van der Waals surface area contributed by atoms with Crippen molar-refractivity contribution < 1.29 is 20.4 Å². The van der Waals surface area contributed by atoms with Crippen LogP contribution in [0.5, 0.6) is 0 Å². The third-order valence-corrected chi connectivity index (χ3v) is 5.56. The average molecular weight is 339 g/mol. The van der Waals surface area contributed by atoms with Gasteiger partial charge in [-0.25, -0.2) is 0 Å². The Morgan fingerprint density at radius 1 is 1.38 bits per heavy atom. The molecule has 2 rings (SSSR count). The van der Waals surface area contributed by atoms with Gasteiger partial charge in [0.25, 0.3) is 0 Å². The van der Waals surface area contributed by atoms with Crippen molar-refractivity contribution in [2.75, 3.05) is 13.1 Å². The summed E-state index contributed by atoms with van der Waals surface area (Å²) >= 11 is 0. The van der Waals surface area contributed by atoms with Gasteiger partial charge < -0.3 is 20.4 Å². The molecule has 5 heteroatoms. The van der Waals surface area contributed by atoms with Crippen LogP contribution in [0.25, 0.3) is 0 Å². The number of hydrogen-bond acceptors (Lipinski definition) is 5. The third-order valence-electron chi connectivity index (χ3n) is 5.56. The third kappa shape index (κ3) is 4.09. The van der Waals surface area contributed by atoms with Crippen molar-refractivity contribution in [1.82, 2.24) is 4.90 Å². The fourth-order valence-electron chi connectivity index (χ4n) is 4.01. The lowest BCUT2D eigenvalue weighted by Gasteiger charge is -2.46. The number of fused-ring (bicyclic) bond motifs is 1. The van der Waals surface area contributed by atoms with Crippen LogP contribution < -0.4 is 0 Å². The van der Waals surface area contributed by atoms with E-state index in [1.807, 2.05) is 19.1 Å². The Kier molecular flexibility index (Phi) is 6.26. The molecule has 24 heavy (non-hydrogen) atoms. The number of nitrogens with zero attached hydrogens (tertiary/aromatic N) is 1. The van der Waals surface area contributed by atoms with Gasteiger partial charge in [0.2, 0.25) is 0 Å². The summed E-state index contributed by atoms with van der Waals surface area (Å²) in [5.74, 6) is 0.181. The van der Waals surface area contributed by atoms with Crippen LogP contribution >= 0.6 is 0 Å². The van der Waals surface area contributed by atoms with Crippen LogP contribution in [0.1, 0.15) is 47.0 Å². The van der Waals surface area contributed by atoms with Gasteiger partial charge in [-0.2, -0.15) is 0 Å². The van der Waals surface area contributed by atoms with Gasteiger partial charge in [-0.1, -0.05) is 19.1 Å². The molecule has 0 spiro atoms. The second-order valence-electron chi connectivity index (χ2n) is 7.85. The number of aliphatic hydroxyl groups excluding tert-OH is 3. The minimum absolute atomic E-state index is 0.0447. The van der Waals surface area contributed by atoms with Crippen molar-refractivity contribution in [2.24, 2.45) is 5.92 Å². The van der Waals surface area contributed by atoms with E-state index in [0.29, 0.717) is 6.54 Å². The molecule has 0 radical (unpaired) electrons. The van der Waals surface area contributed by atoms with E-state index in [-0.39, 0.29) is 12.0 Å². The van der Waals surface area contributed by atoms with E-state index < -0.39 is 23.9 Å². The van der Waals surface area contributed by atoms with E-state index in [2.05, 4.69) is 11.8 Å². The van der Waals surface area contributed by atoms with Crippen molar-refractivity contribution in [2.45, 2.75) is 76.9 Å². The van der Waals surface area contributed by atoms with Crippen molar-refractivity contribution in [3.8, 4) is 0 Å². The average Bonchev–Trinajstić information content (AvgIpc) is 2.98. The Morgan fingerprint density at radius 3 is 2.67 bits per heavy atom. The normalized spacial score (nSPS) is 37.3. The molecule has 4 unspecified atom stereocenters. The maximum atomic E-state index is 10.7. The summed E-state index contributed by atoms with van der Waals surface area (Å²) in [5.41, 5.74) is 0.535. The van der Waals surface area contributed by atoms with Gasteiger partial charge >= 0.3 is 0 Å². The number of rotatable bonds is 5. The molecular formula is C19H33NO4. The molecule has 2 fully saturated rings. The summed E-state index contributed by atoms with van der Waals surface area (Å²) in [5, 5.41) is 40.6. The number of hydrogen-bond donors (Lipinski definition) is 4. The largest absolute Gasteiger partial charge is 0.390 e. The zero-order valence-corrected chi connectivity index (χ0v) is 15.3. The fourth-order valence-corrected chi connectivity index (χ4v) is 4.01. The van der Waals surface area contributed by atoms with E-state index in [0.717, 1.165) is 37.0 Å². The second-order valence-corrected chi connectivity index (χ2v) is 7.85. The Hall–Kier alpha value is -0.720. The highest BCUT2D eigenvalue weighted by Crippen LogP contribution is 2.37. The number of allylic oxidation sites excluding steroid dienone is 2. The van der Waals surface area contributed by atoms with Gasteiger partial charge in [-0.3, -0.25) is 4.90 Å². The molecule has 2 saturated heterocycles. The molecule has 138 valence electrons. The van der Waals surface area contributed by atoms with E-state index >= 15 is 0 Å². The zero-order chi connectivity index (χ0) is 18.1. The molecule has 2 aliphatic heterocycles. The molecular weight excluding hydrogens is 306 g/mol. The summed E-state index contributed by atoms with van der Waals surface area (Å²) in [6.45, 7) is 8.86. The predicted molar refractivity (Wildman–Crippen MR) is 94.5 cm³/mol. The van der Waals surface area contributed by atoms with Gasteiger partial charge in [0.1, 0.15) is 17.8 Å². The van der Waals surface area contributed by atoms with Crippen molar-refractivity contribution in [1.29, 1.82) is 0 Å². The lowest BCUT2D eigenvalue weighted by Crippen LogP contribution is -2.61. The monoisotopic (exact) mass is 339 g/mol. The minimum atomic E-state index is -1.10. The summed E-state index contributed by atoms with van der Waals surface area (Å²) in [6.07, 6.45) is 4.26. The van der Waals surface area contributed by atoms with Crippen LogP contribution in [-0.2, 0) is 0 Å². The lowest BCUT2D eigenvalue weighted by molar-refractivity contribution is -0.110.